The minimum atomic E-state index is -0.676. The van der Waals surface area contributed by atoms with Gasteiger partial charge in [0.25, 0.3) is 5.91 Å². The lowest BCUT2D eigenvalue weighted by Gasteiger charge is -2.13. The Labute approximate surface area is 126 Å². The number of amides is 2. The molecule has 1 atom stereocenters. The van der Waals surface area contributed by atoms with Gasteiger partial charge in [-0.1, -0.05) is 12.1 Å². The molecule has 0 aliphatic carbocycles. The lowest BCUT2D eigenvalue weighted by atomic mass is 10.2. The van der Waals surface area contributed by atoms with Crippen LogP contribution in [-0.2, 0) is 4.79 Å². The van der Waals surface area contributed by atoms with E-state index in [4.69, 9.17) is 5.26 Å². The SMILES string of the molecule is C[C@@H](NC(=O)c1cccs1)C(=O)Nc1cccc(C#N)c1. The van der Waals surface area contributed by atoms with Gasteiger partial charge in [-0.25, -0.2) is 0 Å². The van der Waals surface area contributed by atoms with Gasteiger partial charge in [-0.3, -0.25) is 9.59 Å². The van der Waals surface area contributed by atoms with Gasteiger partial charge >= 0.3 is 0 Å². The van der Waals surface area contributed by atoms with Crippen LogP contribution in [0.15, 0.2) is 41.8 Å². The van der Waals surface area contributed by atoms with Crippen LogP contribution in [0.3, 0.4) is 0 Å². The predicted molar refractivity (Wildman–Crippen MR) is 81.0 cm³/mol. The number of benzene rings is 1. The Hall–Kier alpha value is -2.65. The van der Waals surface area contributed by atoms with Crippen molar-refractivity contribution in [1.82, 2.24) is 5.32 Å². The largest absolute Gasteiger partial charge is 0.340 e. The summed E-state index contributed by atoms with van der Waals surface area (Å²) in [6.45, 7) is 1.61. The molecular formula is C15H13N3O2S. The van der Waals surface area contributed by atoms with Crippen LogP contribution >= 0.6 is 11.3 Å². The summed E-state index contributed by atoms with van der Waals surface area (Å²) in [4.78, 5) is 24.4. The molecule has 1 heterocycles. The average Bonchev–Trinajstić information content (AvgIpc) is 3.01. The second kappa shape index (κ2) is 6.68. The molecule has 1 aromatic carbocycles. The molecule has 5 nitrogen and oxygen atoms in total. The zero-order valence-electron chi connectivity index (χ0n) is 11.3. The molecule has 106 valence electrons. The van der Waals surface area contributed by atoms with Crippen molar-refractivity contribution in [2.24, 2.45) is 0 Å². The van der Waals surface area contributed by atoms with Crippen molar-refractivity contribution < 1.29 is 9.59 Å². The Morgan fingerprint density at radius 1 is 1.29 bits per heavy atom. The normalized spacial score (nSPS) is 11.2. The van der Waals surface area contributed by atoms with Crippen LogP contribution in [-0.4, -0.2) is 17.9 Å². The Morgan fingerprint density at radius 2 is 2.10 bits per heavy atom. The highest BCUT2D eigenvalue weighted by molar-refractivity contribution is 7.12. The second-order valence-corrected chi connectivity index (χ2v) is 5.30. The molecule has 0 aliphatic rings. The van der Waals surface area contributed by atoms with E-state index >= 15 is 0 Å². The number of hydrogen-bond donors (Lipinski definition) is 2. The third-order valence-corrected chi connectivity index (χ3v) is 3.61. The molecule has 0 saturated heterocycles. The zero-order chi connectivity index (χ0) is 15.2. The minimum absolute atomic E-state index is 0.279. The summed E-state index contributed by atoms with van der Waals surface area (Å²) in [7, 11) is 0. The van der Waals surface area contributed by atoms with Crippen molar-refractivity contribution in [2.75, 3.05) is 5.32 Å². The molecule has 0 radical (unpaired) electrons. The first-order valence-electron chi connectivity index (χ1n) is 6.25. The van der Waals surface area contributed by atoms with Crippen LogP contribution in [0.25, 0.3) is 0 Å². The van der Waals surface area contributed by atoms with E-state index in [1.165, 1.54) is 11.3 Å². The maximum Gasteiger partial charge on any atom is 0.261 e. The van der Waals surface area contributed by atoms with E-state index in [-0.39, 0.29) is 11.8 Å². The van der Waals surface area contributed by atoms with E-state index in [2.05, 4.69) is 10.6 Å². The fourth-order valence-corrected chi connectivity index (χ4v) is 2.28. The third kappa shape index (κ3) is 3.91. The van der Waals surface area contributed by atoms with Gasteiger partial charge in [-0.2, -0.15) is 5.26 Å². The van der Waals surface area contributed by atoms with E-state index in [1.54, 1.807) is 48.7 Å². The summed E-state index contributed by atoms with van der Waals surface area (Å²) >= 11 is 1.31. The zero-order valence-corrected chi connectivity index (χ0v) is 12.1. The maximum atomic E-state index is 12.0. The number of nitriles is 1. The van der Waals surface area contributed by atoms with E-state index in [1.807, 2.05) is 6.07 Å². The quantitative estimate of drug-likeness (QED) is 0.909. The number of thiophene rings is 1. The number of nitrogens with zero attached hydrogens (tertiary/aromatic N) is 1. The summed E-state index contributed by atoms with van der Waals surface area (Å²) in [6.07, 6.45) is 0. The van der Waals surface area contributed by atoms with E-state index in [9.17, 15) is 9.59 Å². The van der Waals surface area contributed by atoms with Gasteiger partial charge in [0.05, 0.1) is 16.5 Å². The van der Waals surface area contributed by atoms with E-state index in [0.29, 0.717) is 16.1 Å². The van der Waals surface area contributed by atoms with Crippen LogP contribution in [0.2, 0.25) is 0 Å². The van der Waals surface area contributed by atoms with Gasteiger partial charge in [0.2, 0.25) is 5.91 Å². The van der Waals surface area contributed by atoms with Crippen LogP contribution in [0.4, 0.5) is 5.69 Å². The smallest absolute Gasteiger partial charge is 0.261 e. The highest BCUT2D eigenvalue weighted by Gasteiger charge is 2.17. The van der Waals surface area contributed by atoms with Gasteiger partial charge in [-0.15, -0.1) is 11.3 Å². The Morgan fingerprint density at radius 3 is 2.76 bits per heavy atom. The summed E-state index contributed by atoms with van der Waals surface area (Å²) in [5.74, 6) is -0.617. The number of rotatable bonds is 4. The molecule has 0 saturated carbocycles. The topological polar surface area (TPSA) is 82.0 Å². The number of carbonyl (C=O) groups is 2. The van der Waals surface area contributed by atoms with Crippen molar-refractivity contribution in [1.29, 1.82) is 5.26 Å². The first-order valence-corrected chi connectivity index (χ1v) is 7.13. The van der Waals surface area contributed by atoms with Crippen LogP contribution in [0.1, 0.15) is 22.2 Å². The highest BCUT2D eigenvalue weighted by Crippen LogP contribution is 2.11. The number of hydrogen-bond acceptors (Lipinski definition) is 4. The summed E-state index contributed by atoms with van der Waals surface area (Å²) in [5, 5.41) is 15.9. The highest BCUT2D eigenvalue weighted by atomic mass is 32.1. The molecule has 0 bridgehead atoms. The molecule has 0 aliphatic heterocycles. The summed E-state index contributed by atoms with van der Waals surface area (Å²) in [6, 6.07) is 11.4. The lowest BCUT2D eigenvalue weighted by molar-refractivity contribution is -0.117. The van der Waals surface area contributed by atoms with Crippen molar-refractivity contribution in [3.8, 4) is 6.07 Å². The Bertz CT molecular complexity index is 689. The van der Waals surface area contributed by atoms with Crippen molar-refractivity contribution in [3.63, 3.8) is 0 Å². The molecule has 21 heavy (non-hydrogen) atoms. The Balaban J connectivity index is 1.96. The van der Waals surface area contributed by atoms with E-state index < -0.39 is 6.04 Å². The monoisotopic (exact) mass is 299 g/mol. The lowest BCUT2D eigenvalue weighted by Crippen LogP contribution is -2.41. The van der Waals surface area contributed by atoms with Gasteiger partial charge in [-0.05, 0) is 36.6 Å². The maximum absolute atomic E-state index is 12.0. The van der Waals surface area contributed by atoms with Gasteiger partial charge in [0.1, 0.15) is 6.04 Å². The molecular weight excluding hydrogens is 286 g/mol. The van der Waals surface area contributed by atoms with Gasteiger partial charge < -0.3 is 10.6 Å². The first-order chi connectivity index (χ1) is 10.1. The average molecular weight is 299 g/mol. The van der Waals surface area contributed by atoms with Crippen LogP contribution < -0.4 is 10.6 Å². The molecule has 2 N–H and O–H groups in total. The van der Waals surface area contributed by atoms with Crippen LogP contribution in [0.5, 0.6) is 0 Å². The standard InChI is InChI=1S/C15H13N3O2S/c1-10(17-15(20)13-6-3-7-21-13)14(19)18-12-5-2-4-11(8-12)9-16/h2-8,10H,1H3,(H,17,20)(H,18,19)/t10-/m1/s1. The van der Waals surface area contributed by atoms with Crippen molar-refractivity contribution >= 4 is 28.8 Å². The van der Waals surface area contributed by atoms with Gasteiger partial charge in [0, 0.05) is 5.69 Å². The third-order valence-electron chi connectivity index (χ3n) is 2.75. The Kier molecular flexibility index (Phi) is 4.69. The molecule has 0 spiro atoms. The molecule has 6 heteroatoms. The summed E-state index contributed by atoms with van der Waals surface area (Å²) < 4.78 is 0. The first kappa shape index (κ1) is 14.8. The molecule has 2 amide bonds. The number of carbonyl (C=O) groups excluding carboxylic acids is 2. The van der Waals surface area contributed by atoms with Crippen LogP contribution in [0, 0.1) is 11.3 Å². The molecule has 2 rings (SSSR count). The fourth-order valence-electron chi connectivity index (χ4n) is 1.66. The molecule has 2 aromatic rings. The number of anilines is 1. The molecule has 0 fully saturated rings. The fraction of sp³-hybridized carbons (Fsp3) is 0.133. The van der Waals surface area contributed by atoms with Crippen molar-refractivity contribution in [3.05, 3.63) is 52.2 Å². The van der Waals surface area contributed by atoms with Crippen molar-refractivity contribution in [2.45, 2.75) is 13.0 Å². The van der Waals surface area contributed by atoms with E-state index in [0.717, 1.165) is 0 Å². The summed E-state index contributed by atoms with van der Waals surface area (Å²) in [5.41, 5.74) is 0.986. The molecule has 0 unspecified atom stereocenters. The minimum Gasteiger partial charge on any atom is -0.340 e. The second-order valence-electron chi connectivity index (χ2n) is 4.35. The predicted octanol–water partition coefficient (Wildman–Crippen LogP) is 2.38. The van der Waals surface area contributed by atoms with Gasteiger partial charge in [0.15, 0.2) is 0 Å². The molecule has 1 aromatic heterocycles. The number of nitrogens with one attached hydrogen (secondary N) is 2.